The number of nitrogens with zero attached hydrogens (tertiary/aromatic N) is 1. The molecule has 158 valence electrons. The van der Waals surface area contributed by atoms with Crippen molar-refractivity contribution in [1.82, 2.24) is 9.97 Å². The van der Waals surface area contributed by atoms with Crippen molar-refractivity contribution < 1.29 is 27.2 Å². The predicted octanol–water partition coefficient (Wildman–Crippen LogP) is 4.46. The fourth-order valence-electron chi connectivity index (χ4n) is 3.16. The highest BCUT2D eigenvalue weighted by Crippen LogP contribution is 2.36. The molecule has 1 aliphatic heterocycles. The van der Waals surface area contributed by atoms with Gasteiger partial charge in [-0.15, -0.1) is 0 Å². The van der Waals surface area contributed by atoms with Crippen LogP contribution in [0.5, 0.6) is 5.75 Å². The van der Waals surface area contributed by atoms with Crippen molar-refractivity contribution in [2.24, 2.45) is 0 Å². The fraction of sp³-hybridized carbons (Fsp3) is 0.381. The maximum absolute atomic E-state index is 12.6. The molecular weight excluding hydrogens is 396 g/mol. The van der Waals surface area contributed by atoms with E-state index >= 15 is 0 Å². The summed E-state index contributed by atoms with van der Waals surface area (Å²) in [5.74, 6) is 0.900. The summed E-state index contributed by atoms with van der Waals surface area (Å²) in [7, 11) is -0.483. The smallest absolute Gasteiger partial charge is 0.486 e. The van der Waals surface area contributed by atoms with Crippen LogP contribution in [-0.4, -0.2) is 28.3 Å². The molecule has 9 heteroatoms. The maximum atomic E-state index is 12.6. The van der Waals surface area contributed by atoms with Crippen LogP contribution in [0.3, 0.4) is 0 Å². The van der Waals surface area contributed by atoms with Crippen molar-refractivity contribution in [3.05, 3.63) is 53.9 Å². The van der Waals surface area contributed by atoms with E-state index < -0.39 is 30.1 Å². The van der Waals surface area contributed by atoms with E-state index in [-0.39, 0.29) is 6.61 Å². The Morgan fingerprint density at radius 3 is 2.23 bits per heavy atom. The number of fused-ring (bicyclic) bond motifs is 1. The topological polar surface area (TPSA) is 56.4 Å². The van der Waals surface area contributed by atoms with Crippen molar-refractivity contribution >= 4 is 23.6 Å². The second-order valence-corrected chi connectivity index (χ2v) is 8.36. The Kier molecular flexibility index (Phi) is 4.86. The molecule has 0 amide bonds. The highest BCUT2D eigenvalue weighted by Gasteiger charge is 2.51. The molecule has 0 bridgehead atoms. The van der Waals surface area contributed by atoms with E-state index in [0.29, 0.717) is 11.6 Å². The number of alkyl halides is 3. The number of rotatable bonds is 4. The largest absolute Gasteiger partial charge is 0.494 e. The minimum absolute atomic E-state index is 0.103. The lowest BCUT2D eigenvalue weighted by molar-refractivity contribution is -0.137. The molecular formula is C21H22BF3N2O3. The van der Waals surface area contributed by atoms with Crippen LogP contribution in [0.1, 0.15) is 39.1 Å². The van der Waals surface area contributed by atoms with E-state index in [1.165, 1.54) is 12.1 Å². The number of aromatic amines is 1. The summed E-state index contributed by atoms with van der Waals surface area (Å²) in [4.78, 5) is 7.67. The van der Waals surface area contributed by atoms with Gasteiger partial charge in [0.2, 0.25) is 0 Å². The van der Waals surface area contributed by atoms with E-state index in [9.17, 15) is 13.2 Å². The van der Waals surface area contributed by atoms with E-state index in [0.717, 1.165) is 28.6 Å². The monoisotopic (exact) mass is 418 g/mol. The number of halogens is 3. The molecule has 1 saturated heterocycles. The molecule has 5 nitrogen and oxygen atoms in total. The number of hydrogen-bond donors (Lipinski definition) is 1. The summed E-state index contributed by atoms with van der Waals surface area (Å²) in [5.41, 5.74) is 0.837. The molecule has 0 saturated carbocycles. The Hall–Kier alpha value is -2.52. The molecule has 4 rings (SSSR count). The van der Waals surface area contributed by atoms with Gasteiger partial charge in [0.25, 0.3) is 0 Å². The normalized spacial score (nSPS) is 18.2. The summed E-state index contributed by atoms with van der Waals surface area (Å²) in [6.45, 7) is 8.09. The van der Waals surface area contributed by atoms with E-state index in [2.05, 4.69) is 9.97 Å². The van der Waals surface area contributed by atoms with Crippen LogP contribution in [0.15, 0.2) is 42.5 Å². The zero-order chi connectivity index (χ0) is 21.7. The van der Waals surface area contributed by atoms with Gasteiger partial charge in [-0.2, -0.15) is 13.2 Å². The molecule has 2 aromatic carbocycles. The Morgan fingerprint density at radius 2 is 1.63 bits per heavy atom. The number of nitrogens with one attached hydrogen (secondary N) is 1. The first-order valence-corrected chi connectivity index (χ1v) is 9.59. The summed E-state index contributed by atoms with van der Waals surface area (Å²) < 4.78 is 55.7. The zero-order valence-corrected chi connectivity index (χ0v) is 17.1. The van der Waals surface area contributed by atoms with Crippen molar-refractivity contribution in [2.75, 3.05) is 0 Å². The fourth-order valence-corrected chi connectivity index (χ4v) is 3.16. The van der Waals surface area contributed by atoms with Crippen LogP contribution < -0.4 is 10.2 Å². The highest BCUT2D eigenvalue weighted by molar-refractivity contribution is 6.62. The lowest BCUT2D eigenvalue weighted by Crippen LogP contribution is -2.41. The van der Waals surface area contributed by atoms with Gasteiger partial charge in [-0.1, -0.05) is 6.07 Å². The Bertz CT molecular complexity index is 1050. The first-order valence-electron chi connectivity index (χ1n) is 9.59. The van der Waals surface area contributed by atoms with Gasteiger partial charge in [0.15, 0.2) is 0 Å². The Labute approximate surface area is 172 Å². The zero-order valence-electron chi connectivity index (χ0n) is 17.1. The standard InChI is InChI=1S/C21H22BF3N2O3/c1-19(2)20(3,4)30-22(29-19)14-7-10-16-17(11-14)27-18(26-16)12-28-15-8-5-13(6-9-15)21(23,24)25/h5-11H,12H2,1-4H3,(H,26,27). The molecule has 3 aromatic rings. The highest BCUT2D eigenvalue weighted by atomic mass is 19.4. The minimum atomic E-state index is -4.37. The Morgan fingerprint density at radius 1 is 1.00 bits per heavy atom. The molecule has 0 radical (unpaired) electrons. The predicted molar refractivity (Wildman–Crippen MR) is 108 cm³/mol. The summed E-state index contributed by atoms with van der Waals surface area (Å²) >= 11 is 0. The van der Waals surface area contributed by atoms with Crippen LogP contribution in [0.4, 0.5) is 13.2 Å². The van der Waals surface area contributed by atoms with Crippen molar-refractivity contribution in [2.45, 2.75) is 51.7 Å². The Balaban J connectivity index is 1.47. The third-order valence-electron chi connectivity index (χ3n) is 5.64. The van der Waals surface area contributed by atoms with Gasteiger partial charge in [-0.25, -0.2) is 4.98 Å². The van der Waals surface area contributed by atoms with E-state index in [4.69, 9.17) is 14.0 Å². The van der Waals surface area contributed by atoms with E-state index in [1.807, 2.05) is 45.9 Å². The summed E-state index contributed by atoms with van der Waals surface area (Å²) in [6, 6.07) is 10.3. The first-order chi connectivity index (χ1) is 13.9. The van der Waals surface area contributed by atoms with Crippen LogP contribution in [0.2, 0.25) is 0 Å². The molecule has 1 fully saturated rings. The average molecular weight is 418 g/mol. The van der Waals surface area contributed by atoms with E-state index in [1.54, 1.807) is 0 Å². The van der Waals surface area contributed by atoms with Crippen molar-refractivity contribution in [3.8, 4) is 5.75 Å². The van der Waals surface area contributed by atoms with Gasteiger partial charge in [0, 0.05) is 0 Å². The second kappa shape index (κ2) is 7.02. The minimum Gasteiger partial charge on any atom is -0.486 e. The van der Waals surface area contributed by atoms with Gasteiger partial charge in [-0.05, 0) is 69.6 Å². The molecule has 1 aliphatic rings. The molecule has 0 aliphatic carbocycles. The third kappa shape index (κ3) is 3.91. The first kappa shape index (κ1) is 20.7. The van der Waals surface area contributed by atoms with Crippen molar-refractivity contribution in [1.29, 1.82) is 0 Å². The summed E-state index contributed by atoms with van der Waals surface area (Å²) in [5, 5.41) is 0. The lowest BCUT2D eigenvalue weighted by atomic mass is 9.79. The maximum Gasteiger partial charge on any atom is 0.494 e. The lowest BCUT2D eigenvalue weighted by Gasteiger charge is -2.32. The molecule has 1 N–H and O–H groups in total. The molecule has 0 unspecified atom stereocenters. The third-order valence-corrected chi connectivity index (χ3v) is 5.64. The second-order valence-electron chi connectivity index (χ2n) is 8.36. The molecule has 0 spiro atoms. The van der Waals surface area contributed by atoms with Crippen LogP contribution in [0, 0.1) is 0 Å². The van der Waals surface area contributed by atoms with Gasteiger partial charge >= 0.3 is 13.3 Å². The van der Waals surface area contributed by atoms with Gasteiger partial charge in [0.1, 0.15) is 18.2 Å². The van der Waals surface area contributed by atoms with Crippen LogP contribution in [-0.2, 0) is 22.1 Å². The van der Waals surface area contributed by atoms with Gasteiger partial charge in [-0.3, -0.25) is 0 Å². The molecule has 0 atom stereocenters. The number of imidazole rings is 1. The number of aromatic nitrogens is 2. The SMILES string of the molecule is CC1(C)OB(c2ccc3[nH]c(COc4ccc(C(F)(F)F)cc4)nc3c2)OC1(C)C. The van der Waals surface area contributed by atoms with Crippen LogP contribution in [0.25, 0.3) is 11.0 Å². The molecule has 1 aromatic heterocycles. The molecule has 30 heavy (non-hydrogen) atoms. The molecule has 2 heterocycles. The van der Waals surface area contributed by atoms with Gasteiger partial charge < -0.3 is 19.0 Å². The number of benzene rings is 2. The van der Waals surface area contributed by atoms with Crippen LogP contribution >= 0.6 is 0 Å². The van der Waals surface area contributed by atoms with Gasteiger partial charge in [0.05, 0.1) is 27.8 Å². The van der Waals surface area contributed by atoms with Crippen molar-refractivity contribution in [3.63, 3.8) is 0 Å². The quantitative estimate of drug-likeness (QED) is 0.636. The number of hydrogen-bond acceptors (Lipinski definition) is 4. The number of ether oxygens (including phenoxy) is 1. The average Bonchev–Trinajstić information content (AvgIpc) is 3.16. The number of H-pyrrole nitrogens is 1. The summed E-state index contributed by atoms with van der Waals surface area (Å²) in [6.07, 6.45) is -4.37.